The van der Waals surface area contributed by atoms with E-state index in [1.54, 1.807) is 13.3 Å². The van der Waals surface area contributed by atoms with Gasteiger partial charge in [-0.3, -0.25) is 0 Å². The number of pyridine rings is 1. The SMILES string of the molecule is COC[C@@H]1CCCN1S(=O)(=O)NCc1cnc2c(C)cccn12. The van der Waals surface area contributed by atoms with Gasteiger partial charge in [0.05, 0.1) is 25.0 Å². The number of nitrogens with one attached hydrogen (secondary N) is 1. The zero-order chi connectivity index (χ0) is 16.4. The molecule has 0 bridgehead atoms. The highest BCUT2D eigenvalue weighted by molar-refractivity contribution is 7.87. The second-order valence-electron chi connectivity index (χ2n) is 5.82. The minimum absolute atomic E-state index is 0.0815. The normalized spacial score (nSPS) is 19.7. The van der Waals surface area contributed by atoms with Crippen LogP contribution < -0.4 is 4.72 Å². The first-order valence-electron chi connectivity index (χ1n) is 7.70. The van der Waals surface area contributed by atoms with E-state index in [9.17, 15) is 8.42 Å². The summed E-state index contributed by atoms with van der Waals surface area (Å²) in [5.74, 6) is 0. The molecule has 126 valence electrons. The number of hydrogen-bond donors (Lipinski definition) is 1. The van der Waals surface area contributed by atoms with Crippen LogP contribution in [-0.2, 0) is 21.5 Å². The van der Waals surface area contributed by atoms with Gasteiger partial charge in [-0.15, -0.1) is 0 Å². The van der Waals surface area contributed by atoms with E-state index < -0.39 is 10.2 Å². The van der Waals surface area contributed by atoms with Crippen LogP contribution in [0.25, 0.3) is 5.65 Å². The first kappa shape index (κ1) is 16.4. The number of ether oxygens (including phenoxy) is 1. The standard InChI is InChI=1S/C15H22N4O3S/c1-12-5-3-7-18-14(9-16-15(12)18)10-17-23(20,21)19-8-4-6-13(19)11-22-2/h3,5,7,9,13,17H,4,6,8,10-11H2,1-2H3/t13-/m0/s1. The first-order chi connectivity index (χ1) is 11.0. The molecule has 0 radical (unpaired) electrons. The summed E-state index contributed by atoms with van der Waals surface area (Å²) in [6.07, 6.45) is 5.30. The van der Waals surface area contributed by atoms with E-state index in [-0.39, 0.29) is 12.6 Å². The molecule has 1 atom stereocenters. The molecule has 1 aliphatic heterocycles. The lowest BCUT2D eigenvalue weighted by Crippen LogP contribution is -2.44. The number of aryl methyl sites for hydroxylation is 1. The molecule has 1 aliphatic rings. The molecule has 0 spiro atoms. The van der Waals surface area contributed by atoms with Crippen LogP contribution in [0.4, 0.5) is 0 Å². The maximum atomic E-state index is 12.5. The number of rotatable bonds is 6. The Bertz CT molecular complexity index is 787. The zero-order valence-corrected chi connectivity index (χ0v) is 14.2. The van der Waals surface area contributed by atoms with Crippen molar-refractivity contribution < 1.29 is 13.2 Å². The van der Waals surface area contributed by atoms with Crippen molar-refractivity contribution >= 4 is 15.9 Å². The Balaban J connectivity index is 1.75. The van der Waals surface area contributed by atoms with Crippen molar-refractivity contribution in [2.45, 2.75) is 32.4 Å². The summed E-state index contributed by atoms with van der Waals surface area (Å²) in [5, 5.41) is 0. The third-order valence-corrected chi connectivity index (χ3v) is 5.84. The Morgan fingerprint density at radius 2 is 2.30 bits per heavy atom. The van der Waals surface area contributed by atoms with Crippen LogP contribution >= 0.6 is 0 Å². The molecular weight excluding hydrogens is 316 g/mol. The molecule has 0 aliphatic carbocycles. The van der Waals surface area contributed by atoms with Crippen LogP contribution in [0.5, 0.6) is 0 Å². The van der Waals surface area contributed by atoms with Crippen LogP contribution in [0, 0.1) is 6.92 Å². The molecule has 0 unspecified atom stereocenters. The van der Waals surface area contributed by atoms with Crippen molar-refractivity contribution in [3.63, 3.8) is 0 Å². The van der Waals surface area contributed by atoms with Gasteiger partial charge >= 0.3 is 0 Å². The number of nitrogens with zero attached hydrogens (tertiary/aromatic N) is 3. The Morgan fingerprint density at radius 1 is 1.48 bits per heavy atom. The van der Waals surface area contributed by atoms with Crippen molar-refractivity contribution in [1.82, 2.24) is 18.4 Å². The molecule has 2 aromatic rings. The summed E-state index contributed by atoms with van der Waals surface area (Å²) in [6.45, 7) is 3.16. The average molecular weight is 338 g/mol. The largest absolute Gasteiger partial charge is 0.383 e. The van der Waals surface area contributed by atoms with Crippen molar-refractivity contribution in [2.75, 3.05) is 20.3 Å². The highest BCUT2D eigenvalue weighted by Gasteiger charge is 2.33. The van der Waals surface area contributed by atoms with E-state index >= 15 is 0 Å². The molecular formula is C15H22N4O3S. The maximum Gasteiger partial charge on any atom is 0.280 e. The van der Waals surface area contributed by atoms with Crippen LogP contribution in [0.15, 0.2) is 24.5 Å². The molecule has 1 saturated heterocycles. The fraction of sp³-hybridized carbons (Fsp3) is 0.533. The maximum absolute atomic E-state index is 12.5. The second-order valence-corrected chi connectivity index (χ2v) is 7.53. The second kappa shape index (κ2) is 6.56. The summed E-state index contributed by atoms with van der Waals surface area (Å²) >= 11 is 0. The molecule has 23 heavy (non-hydrogen) atoms. The van der Waals surface area contributed by atoms with E-state index in [1.165, 1.54) is 4.31 Å². The van der Waals surface area contributed by atoms with Crippen molar-refractivity contribution in [3.05, 3.63) is 35.8 Å². The van der Waals surface area contributed by atoms with Gasteiger partial charge in [0.1, 0.15) is 5.65 Å². The smallest absolute Gasteiger partial charge is 0.280 e. The van der Waals surface area contributed by atoms with Crippen LogP contribution in [-0.4, -0.2) is 48.4 Å². The number of fused-ring (bicyclic) bond motifs is 1. The van der Waals surface area contributed by atoms with Crippen LogP contribution in [0.2, 0.25) is 0 Å². The molecule has 0 amide bonds. The van der Waals surface area contributed by atoms with E-state index in [0.717, 1.165) is 29.7 Å². The predicted molar refractivity (Wildman–Crippen MR) is 87.3 cm³/mol. The van der Waals surface area contributed by atoms with E-state index in [4.69, 9.17) is 4.74 Å². The van der Waals surface area contributed by atoms with Gasteiger partial charge in [0, 0.05) is 25.9 Å². The molecule has 2 aromatic heterocycles. The molecule has 1 N–H and O–H groups in total. The van der Waals surface area contributed by atoms with Crippen molar-refractivity contribution in [3.8, 4) is 0 Å². The third-order valence-electron chi connectivity index (χ3n) is 4.23. The lowest BCUT2D eigenvalue weighted by Gasteiger charge is -2.23. The van der Waals surface area contributed by atoms with Crippen molar-refractivity contribution in [2.24, 2.45) is 0 Å². The Labute approximate surface area is 136 Å². The van der Waals surface area contributed by atoms with Gasteiger partial charge in [0.25, 0.3) is 10.2 Å². The first-order valence-corrected chi connectivity index (χ1v) is 9.14. The molecule has 0 saturated carbocycles. The Hall–Kier alpha value is -1.48. The van der Waals surface area contributed by atoms with Crippen molar-refractivity contribution in [1.29, 1.82) is 0 Å². The monoisotopic (exact) mass is 338 g/mol. The molecule has 8 heteroatoms. The Morgan fingerprint density at radius 3 is 3.09 bits per heavy atom. The van der Waals surface area contributed by atoms with Gasteiger partial charge in [-0.2, -0.15) is 17.4 Å². The van der Waals surface area contributed by atoms with Crippen LogP contribution in [0.1, 0.15) is 24.1 Å². The van der Waals surface area contributed by atoms with Gasteiger partial charge < -0.3 is 9.14 Å². The highest BCUT2D eigenvalue weighted by atomic mass is 32.2. The number of methoxy groups -OCH3 is 1. The van der Waals surface area contributed by atoms with Gasteiger partial charge in [0.2, 0.25) is 0 Å². The number of imidazole rings is 1. The van der Waals surface area contributed by atoms with E-state index in [2.05, 4.69) is 9.71 Å². The fourth-order valence-corrected chi connectivity index (χ4v) is 4.49. The number of aromatic nitrogens is 2. The van der Waals surface area contributed by atoms with E-state index in [0.29, 0.717) is 13.2 Å². The zero-order valence-electron chi connectivity index (χ0n) is 13.4. The van der Waals surface area contributed by atoms with E-state index in [1.807, 2.05) is 29.7 Å². The molecule has 3 rings (SSSR count). The summed E-state index contributed by atoms with van der Waals surface area (Å²) in [7, 11) is -1.93. The minimum Gasteiger partial charge on any atom is -0.383 e. The van der Waals surface area contributed by atoms with Gasteiger partial charge in [-0.1, -0.05) is 6.07 Å². The highest BCUT2D eigenvalue weighted by Crippen LogP contribution is 2.20. The minimum atomic E-state index is -3.52. The summed E-state index contributed by atoms with van der Waals surface area (Å²) in [5.41, 5.74) is 2.72. The topological polar surface area (TPSA) is 75.9 Å². The van der Waals surface area contributed by atoms with Gasteiger partial charge in [0.15, 0.2) is 0 Å². The lowest BCUT2D eigenvalue weighted by atomic mass is 10.2. The summed E-state index contributed by atoms with van der Waals surface area (Å²) in [6, 6.07) is 3.83. The summed E-state index contributed by atoms with van der Waals surface area (Å²) in [4.78, 5) is 4.36. The molecule has 7 nitrogen and oxygen atoms in total. The molecule has 1 fully saturated rings. The molecule has 3 heterocycles. The fourth-order valence-electron chi connectivity index (χ4n) is 3.07. The molecule has 0 aromatic carbocycles. The Kier molecular flexibility index (Phi) is 4.67. The lowest BCUT2D eigenvalue weighted by molar-refractivity contribution is 0.148. The average Bonchev–Trinajstić information content (AvgIpc) is 3.13. The third kappa shape index (κ3) is 3.25. The van der Waals surface area contributed by atoms with Gasteiger partial charge in [-0.25, -0.2) is 4.98 Å². The number of hydrogen-bond acceptors (Lipinski definition) is 4. The predicted octanol–water partition coefficient (Wildman–Crippen LogP) is 1.09. The van der Waals surface area contributed by atoms with Gasteiger partial charge in [-0.05, 0) is 31.4 Å². The van der Waals surface area contributed by atoms with Crippen LogP contribution in [0.3, 0.4) is 0 Å². The quantitative estimate of drug-likeness (QED) is 0.855. The summed E-state index contributed by atoms with van der Waals surface area (Å²) < 4.78 is 36.3.